The Bertz CT molecular complexity index is 317. The summed E-state index contributed by atoms with van der Waals surface area (Å²) in [5, 5.41) is 6.81. The Balaban J connectivity index is 1.88. The molecule has 1 heterocycles. The Morgan fingerprint density at radius 3 is 2.83 bits per heavy atom. The molecule has 0 amide bonds. The lowest BCUT2D eigenvalue weighted by atomic mass is 9.96. The maximum atomic E-state index is 3.83. The quantitative estimate of drug-likeness (QED) is 0.777. The standard InChI is InChI=1S/C15H25NS2/c1-12(17-2)9-10-16-15(13-6-3-4-7-13)14-8-5-11-18-14/h5,8,11-13,15-16H,3-4,6-7,9-10H2,1-2H3. The van der Waals surface area contributed by atoms with Gasteiger partial charge < -0.3 is 5.32 Å². The number of thioether (sulfide) groups is 1. The van der Waals surface area contributed by atoms with Crippen LogP contribution in [0.2, 0.25) is 0 Å². The predicted molar refractivity (Wildman–Crippen MR) is 84.6 cm³/mol. The number of rotatable bonds is 7. The molecule has 1 nitrogen and oxygen atoms in total. The van der Waals surface area contributed by atoms with Crippen molar-refractivity contribution in [1.29, 1.82) is 0 Å². The van der Waals surface area contributed by atoms with Crippen LogP contribution in [0.3, 0.4) is 0 Å². The molecule has 1 aromatic rings. The molecule has 2 unspecified atom stereocenters. The first kappa shape index (κ1) is 14.4. The summed E-state index contributed by atoms with van der Waals surface area (Å²) >= 11 is 3.88. The van der Waals surface area contributed by atoms with E-state index in [1.54, 1.807) is 4.88 Å². The van der Waals surface area contributed by atoms with Crippen LogP contribution < -0.4 is 5.32 Å². The Labute approximate surface area is 120 Å². The molecule has 2 atom stereocenters. The van der Waals surface area contributed by atoms with Crippen LogP contribution in [0.25, 0.3) is 0 Å². The lowest BCUT2D eigenvalue weighted by molar-refractivity contribution is 0.371. The van der Waals surface area contributed by atoms with Crippen molar-refractivity contribution in [2.45, 2.75) is 50.3 Å². The van der Waals surface area contributed by atoms with E-state index in [-0.39, 0.29) is 0 Å². The molecule has 3 heteroatoms. The van der Waals surface area contributed by atoms with Crippen LogP contribution >= 0.6 is 23.1 Å². The van der Waals surface area contributed by atoms with Crippen LogP contribution in [0.4, 0.5) is 0 Å². The van der Waals surface area contributed by atoms with Gasteiger partial charge in [0.05, 0.1) is 0 Å². The van der Waals surface area contributed by atoms with Crippen LogP contribution in [0.5, 0.6) is 0 Å². The van der Waals surface area contributed by atoms with E-state index in [4.69, 9.17) is 0 Å². The van der Waals surface area contributed by atoms with Gasteiger partial charge in [-0.2, -0.15) is 11.8 Å². The molecule has 1 aliphatic rings. The third-order valence-electron chi connectivity index (χ3n) is 4.04. The number of thiophene rings is 1. The molecule has 18 heavy (non-hydrogen) atoms. The van der Waals surface area contributed by atoms with Gasteiger partial charge in [-0.15, -0.1) is 11.3 Å². The monoisotopic (exact) mass is 283 g/mol. The highest BCUT2D eigenvalue weighted by molar-refractivity contribution is 7.99. The molecule has 0 aliphatic heterocycles. The molecule has 0 radical (unpaired) electrons. The molecule has 1 aliphatic carbocycles. The summed E-state index contributed by atoms with van der Waals surface area (Å²) in [6, 6.07) is 5.11. The van der Waals surface area contributed by atoms with Crippen LogP contribution in [0.1, 0.15) is 49.9 Å². The molecule has 0 bridgehead atoms. The first-order valence-electron chi connectivity index (χ1n) is 7.11. The molecule has 1 saturated carbocycles. The van der Waals surface area contributed by atoms with Crippen molar-refractivity contribution < 1.29 is 0 Å². The fourth-order valence-electron chi connectivity index (χ4n) is 2.82. The van der Waals surface area contributed by atoms with Crippen molar-refractivity contribution in [3.05, 3.63) is 22.4 Å². The summed E-state index contributed by atoms with van der Waals surface area (Å²) in [6.07, 6.45) is 9.15. The topological polar surface area (TPSA) is 12.0 Å². The second-order valence-corrected chi connectivity index (χ2v) is 7.58. The third-order valence-corrected chi connectivity index (χ3v) is 6.03. The van der Waals surface area contributed by atoms with Gasteiger partial charge >= 0.3 is 0 Å². The highest BCUT2D eigenvalue weighted by Crippen LogP contribution is 2.37. The molecule has 102 valence electrons. The van der Waals surface area contributed by atoms with Crippen molar-refractivity contribution in [3.8, 4) is 0 Å². The highest BCUT2D eigenvalue weighted by Gasteiger charge is 2.26. The van der Waals surface area contributed by atoms with E-state index in [9.17, 15) is 0 Å². The van der Waals surface area contributed by atoms with Crippen LogP contribution in [0.15, 0.2) is 17.5 Å². The molecule has 0 saturated heterocycles. The molecular weight excluding hydrogens is 258 g/mol. The van der Waals surface area contributed by atoms with E-state index in [1.165, 1.54) is 32.1 Å². The van der Waals surface area contributed by atoms with E-state index in [0.717, 1.165) is 17.7 Å². The van der Waals surface area contributed by atoms with Crippen LogP contribution in [-0.4, -0.2) is 18.1 Å². The van der Waals surface area contributed by atoms with Crippen molar-refractivity contribution in [3.63, 3.8) is 0 Å². The molecule has 2 rings (SSSR count). The first-order valence-corrected chi connectivity index (χ1v) is 9.27. The fourth-order valence-corrected chi connectivity index (χ4v) is 4.07. The largest absolute Gasteiger partial charge is 0.309 e. The summed E-state index contributed by atoms with van der Waals surface area (Å²) in [5.41, 5.74) is 0. The highest BCUT2D eigenvalue weighted by atomic mass is 32.2. The summed E-state index contributed by atoms with van der Waals surface area (Å²) in [4.78, 5) is 1.54. The Hall–Kier alpha value is 0.01000. The number of nitrogens with one attached hydrogen (secondary N) is 1. The van der Waals surface area contributed by atoms with Crippen LogP contribution in [-0.2, 0) is 0 Å². The van der Waals surface area contributed by atoms with E-state index >= 15 is 0 Å². The fraction of sp³-hybridized carbons (Fsp3) is 0.733. The van der Waals surface area contributed by atoms with Gasteiger partial charge in [0.1, 0.15) is 0 Å². The SMILES string of the molecule is CSC(C)CCNC(c1cccs1)C1CCCC1. The lowest BCUT2D eigenvalue weighted by Gasteiger charge is -2.24. The van der Waals surface area contributed by atoms with Crippen molar-refractivity contribution >= 4 is 23.1 Å². The summed E-state index contributed by atoms with van der Waals surface area (Å²) in [7, 11) is 0. The lowest BCUT2D eigenvalue weighted by Crippen LogP contribution is -2.28. The molecule has 1 N–H and O–H groups in total. The summed E-state index contributed by atoms with van der Waals surface area (Å²) in [6.45, 7) is 3.48. The minimum Gasteiger partial charge on any atom is -0.309 e. The van der Waals surface area contributed by atoms with Gasteiger partial charge in [0.2, 0.25) is 0 Å². The van der Waals surface area contributed by atoms with Gasteiger partial charge in [-0.25, -0.2) is 0 Å². The third kappa shape index (κ3) is 4.01. The molecule has 1 fully saturated rings. The molecular formula is C15H25NS2. The van der Waals surface area contributed by atoms with Gasteiger partial charge in [0, 0.05) is 16.2 Å². The maximum Gasteiger partial charge on any atom is 0.0443 e. The zero-order chi connectivity index (χ0) is 12.8. The average molecular weight is 284 g/mol. The van der Waals surface area contributed by atoms with E-state index < -0.39 is 0 Å². The number of hydrogen-bond acceptors (Lipinski definition) is 3. The zero-order valence-electron chi connectivity index (χ0n) is 11.5. The Kier molecular flexibility index (Phi) is 6.06. The number of hydrogen-bond donors (Lipinski definition) is 1. The van der Waals surface area contributed by atoms with Gasteiger partial charge in [-0.1, -0.05) is 25.8 Å². The first-order chi connectivity index (χ1) is 8.81. The molecule has 0 aromatic carbocycles. The average Bonchev–Trinajstić information content (AvgIpc) is 3.06. The van der Waals surface area contributed by atoms with E-state index in [0.29, 0.717) is 6.04 Å². The summed E-state index contributed by atoms with van der Waals surface area (Å²) < 4.78 is 0. The van der Waals surface area contributed by atoms with Crippen molar-refractivity contribution in [2.24, 2.45) is 5.92 Å². The molecule has 0 spiro atoms. The van der Waals surface area contributed by atoms with E-state index in [1.807, 2.05) is 23.1 Å². The predicted octanol–water partition coefficient (Wildman–Crippen LogP) is 4.71. The van der Waals surface area contributed by atoms with Crippen molar-refractivity contribution in [2.75, 3.05) is 12.8 Å². The minimum atomic E-state index is 0.613. The second-order valence-electron chi connectivity index (χ2n) is 5.33. The van der Waals surface area contributed by atoms with Gasteiger partial charge in [-0.05, 0) is 49.4 Å². The Morgan fingerprint density at radius 1 is 1.44 bits per heavy atom. The normalized spacial score (nSPS) is 20.1. The Morgan fingerprint density at radius 2 is 2.22 bits per heavy atom. The maximum absolute atomic E-state index is 3.83. The second kappa shape index (κ2) is 7.56. The minimum absolute atomic E-state index is 0.613. The van der Waals surface area contributed by atoms with Gasteiger partial charge in [0.25, 0.3) is 0 Å². The van der Waals surface area contributed by atoms with Crippen LogP contribution in [0, 0.1) is 5.92 Å². The smallest absolute Gasteiger partial charge is 0.0443 e. The van der Waals surface area contributed by atoms with Crippen molar-refractivity contribution in [1.82, 2.24) is 5.32 Å². The van der Waals surface area contributed by atoms with Gasteiger partial charge in [0.15, 0.2) is 0 Å². The molecule has 1 aromatic heterocycles. The van der Waals surface area contributed by atoms with Gasteiger partial charge in [-0.3, -0.25) is 0 Å². The summed E-state index contributed by atoms with van der Waals surface area (Å²) in [5.74, 6) is 0.869. The zero-order valence-corrected chi connectivity index (χ0v) is 13.2. The van der Waals surface area contributed by atoms with E-state index in [2.05, 4.69) is 36.0 Å².